The zero-order valence-electron chi connectivity index (χ0n) is 14.9. The van der Waals surface area contributed by atoms with E-state index < -0.39 is 0 Å². The Kier molecular flexibility index (Phi) is 10.5. The van der Waals surface area contributed by atoms with Crippen molar-refractivity contribution in [2.24, 2.45) is 11.8 Å². The summed E-state index contributed by atoms with van der Waals surface area (Å²) in [4.78, 5) is 20.9. The Morgan fingerprint density at radius 1 is 1.33 bits per heavy atom. The molecule has 24 heavy (non-hydrogen) atoms. The number of aromatic nitrogens is 1. The zero-order valence-corrected chi connectivity index (χ0v) is 16.6. The van der Waals surface area contributed by atoms with E-state index in [1.165, 1.54) is 0 Å². The lowest BCUT2D eigenvalue weighted by molar-refractivity contribution is -0.122. The Morgan fingerprint density at radius 2 is 2.04 bits per heavy atom. The molecule has 0 saturated carbocycles. The lowest BCUT2D eigenvalue weighted by Crippen LogP contribution is -2.38. The number of nitrogens with zero attached hydrogens (tertiary/aromatic N) is 3. The fourth-order valence-electron chi connectivity index (χ4n) is 3.18. The van der Waals surface area contributed by atoms with E-state index in [1.807, 2.05) is 18.2 Å². The topological polar surface area (TPSA) is 48.5 Å². The monoisotopic (exact) mass is 376 g/mol. The molecule has 1 aromatic rings. The van der Waals surface area contributed by atoms with Gasteiger partial charge in [0.05, 0.1) is 18.8 Å². The average Bonchev–Trinajstić information content (AvgIpc) is 2.90. The minimum Gasteiger partial charge on any atom is -0.349 e. The van der Waals surface area contributed by atoms with E-state index in [0.717, 1.165) is 18.8 Å². The van der Waals surface area contributed by atoms with Crippen LogP contribution in [0.2, 0.25) is 0 Å². The van der Waals surface area contributed by atoms with Crippen LogP contribution in [0.4, 0.5) is 0 Å². The van der Waals surface area contributed by atoms with E-state index in [0.29, 0.717) is 31.0 Å². The number of hydrogen-bond donors (Lipinski definition) is 1. The van der Waals surface area contributed by atoms with Gasteiger partial charge in [0, 0.05) is 25.3 Å². The van der Waals surface area contributed by atoms with Crippen LogP contribution < -0.4 is 5.32 Å². The first kappa shape index (κ1) is 23.1. The van der Waals surface area contributed by atoms with E-state index >= 15 is 0 Å². The van der Waals surface area contributed by atoms with Crippen LogP contribution in [-0.4, -0.2) is 60.5 Å². The molecule has 0 spiro atoms. The Hall–Kier alpha value is -0.880. The summed E-state index contributed by atoms with van der Waals surface area (Å²) in [6.07, 6.45) is 1.75. The van der Waals surface area contributed by atoms with Crippen molar-refractivity contribution in [3.8, 4) is 0 Å². The number of carbonyl (C=O) groups is 1. The van der Waals surface area contributed by atoms with Crippen LogP contribution in [-0.2, 0) is 11.3 Å². The van der Waals surface area contributed by atoms with E-state index in [2.05, 4.69) is 48.0 Å². The van der Waals surface area contributed by atoms with Crippen molar-refractivity contribution in [1.29, 1.82) is 0 Å². The lowest BCUT2D eigenvalue weighted by atomic mass is 9.91. The lowest BCUT2D eigenvalue weighted by Gasteiger charge is -2.27. The second-order valence-electron chi connectivity index (χ2n) is 6.73. The second kappa shape index (κ2) is 10.9. The third-order valence-electron chi connectivity index (χ3n) is 4.49. The maximum absolute atomic E-state index is 12.1. The molecule has 5 nitrogen and oxygen atoms in total. The summed E-state index contributed by atoms with van der Waals surface area (Å²) in [7, 11) is 4.26. The molecule has 1 N–H and O–H groups in total. The highest BCUT2D eigenvalue weighted by Gasteiger charge is 2.36. The molecule has 0 radical (unpaired) electrons. The van der Waals surface area contributed by atoms with Crippen molar-refractivity contribution in [3.05, 3.63) is 30.1 Å². The number of likely N-dealkylation sites (tertiary alicyclic amines) is 1. The number of halogens is 2. The fourth-order valence-corrected chi connectivity index (χ4v) is 3.18. The van der Waals surface area contributed by atoms with Crippen molar-refractivity contribution in [3.63, 3.8) is 0 Å². The number of rotatable bonds is 6. The molecule has 1 saturated heterocycles. The van der Waals surface area contributed by atoms with Gasteiger partial charge in [0.15, 0.2) is 0 Å². The smallest absolute Gasteiger partial charge is 0.234 e. The van der Waals surface area contributed by atoms with E-state index in [-0.39, 0.29) is 30.7 Å². The van der Waals surface area contributed by atoms with Crippen molar-refractivity contribution < 1.29 is 4.79 Å². The number of likely N-dealkylation sites (N-methyl/N-ethyl adjacent to an activating group) is 1. The summed E-state index contributed by atoms with van der Waals surface area (Å²) in [5.74, 6) is 1.33. The van der Waals surface area contributed by atoms with Gasteiger partial charge in [-0.15, -0.1) is 24.8 Å². The fraction of sp³-hybridized carbons (Fsp3) is 0.647. The van der Waals surface area contributed by atoms with E-state index in [1.54, 1.807) is 6.20 Å². The molecule has 1 aliphatic heterocycles. The van der Waals surface area contributed by atoms with Crippen LogP contribution >= 0.6 is 24.8 Å². The van der Waals surface area contributed by atoms with Gasteiger partial charge < -0.3 is 10.2 Å². The van der Waals surface area contributed by atoms with Gasteiger partial charge >= 0.3 is 0 Å². The SMILES string of the molecule is CC(C)[C@H]1CN(CC(=O)NCc2ccccn2)C[C@@H]1N(C)C.Cl.Cl. The Balaban J connectivity index is 0.00000264. The van der Waals surface area contributed by atoms with Crippen LogP contribution in [0.25, 0.3) is 0 Å². The number of carbonyl (C=O) groups excluding carboxylic acids is 1. The molecule has 138 valence electrons. The zero-order chi connectivity index (χ0) is 16.1. The normalized spacial score (nSPS) is 20.6. The second-order valence-corrected chi connectivity index (χ2v) is 6.73. The summed E-state index contributed by atoms with van der Waals surface area (Å²) in [6, 6.07) is 6.27. The standard InChI is InChI=1S/C17H28N4O.2ClH/c1-13(2)15-10-21(11-16(15)20(3)4)12-17(22)19-9-14-7-5-6-8-18-14;;/h5-8,13,15-16H,9-12H2,1-4H3,(H,19,22);2*1H/t15-,16+;;/m1../s1. The molecule has 0 aromatic carbocycles. The molecule has 2 atom stereocenters. The molecular weight excluding hydrogens is 347 g/mol. The van der Waals surface area contributed by atoms with Gasteiger partial charge in [-0.1, -0.05) is 19.9 Å². The highest BCUT2D eigenvalue weighted by atomic mass is 35.5. The third kappa shape index (κ3) is 6.55. The first-order valence-corrected chi connectivity index (χ1v) is 8.02. The molecule has 0 aliphatic carbocycles. The molecule has 1 fully saturated rings. The highest BCUT2D eigenvalue weighted by molar-refractivity contribution is 5.85. The van der Waals surface area contributed by atoms with Crippen LogP contribution in [0.1, 0.15) is 19.5 Å². The molecule has 1 aliphatic rings. The van der Waals surface area contributed by atoms with Crippen molar-refractivity contribution in [2.45, 2.75) is 26.4 Å². The number of pyridine rings is 1. The summed E-state index contributed by atoms with van der Waals surface area (Å²) in [6.45, 7) is 7.47. The first-order chi connectivity index (χ1) is 10.5. The molecule has 7 heteroatoms. The Morgan fingerprint density at radius 3 is 2.54 bits per heavy atom. The maximum Gasteiger partial charge on any atom is 0.234 e. The summed E-state index contributed by atoms with van der Waals surface area (Å²) in [5, 5.41) is 2.96. The number of hydrogen-bond acceptors (Lipinski definition) is 4. The number of amides is 1. The summed E-state index contributed by atoms with van der Waals surface area (Å²) >= 11 is 0. The van der Waals surface area contributed by atoms with Gasteiger partial charge in [-0.25, -0.2) is 0 Å². The Labute approximate surface area is 158 Å². The Bertz CT molecular complexity index is 469. The summed E-state index contributed by atoms with van der Waals surface area (Å²) in [5.41, 5.74) is 0.892. The third-order valence-corrected chi connectivity index (χ3v) is 4.49. The largest absolute Gasteiger partial charge is 0.349 e. The van der Waals surface area contributed by atoms with Gasteiger partial charge in [0.1, 0.15) is 0 Å². The van der Waals surface area contributed by atoms with Crippen molar-refractivity contribution in [1.82, 2.24) is 20.1 Å². The predicted octanol–water partition coefficient (Wildman–Crippen LogP) is 2.06. The van der Waals surface area contributed by atoms with Crippen molar-refractivity contribution >= 4 is 30.7 Å². The molecule has 0 unspecified atom stereocenters. The number of nitrogens with one attached hydrogen (secondary N) is 1. The van der Waals surface area contributed by atoms with Gasteiger partial charge in [-0.05, 0) is 38.1 Å². The van der Waals surface area contributed by atoms with Gasteiger partial charge in [0.25, 0.3) is 0 Å². The van der Waals surface area contributed by atoms with Crippen LogP contribution in [0.15, 0.2) is 24.4 Å². The maximum atomic E-state index is 12.1. The van der Waals surface area contributed by atoms with Gasteiger partial charge in [-0.2, -0.15) is 0 Å². The van der Waals surface area contributed by atoms with E-state index in [4.69, 9.17) is 0 Å². The van der Waals surface area contributed by atoms with E-state index in [9.17, 15) is 4.79 Å². The first-order valence-electron chi connectivity index (χ1n) is 8.02. The van der Waals surface area contributed by atoms with Crippen molar-refractivity contribution in [2.75, 3.05) is 33.7 Å². The average molecular weight is 377 g/mol. The van der Waals surface area contributed by atoms with Gasteiger partial charge in [0.2, 0.25) is 5.91 Å². The quantitative estimate of drug-likeness (QED) is 0.825. The van der Waals surface area contributed by atoms with Crippen LogP contribution in [0, 0.1) is 11.8 Å². The van der Waals surface area contributed by atoms with Crippen LogP contribution in [0.5, 0.6) is 0 Å². The highest BCUT2D eigenvalue weighted by Crippen LogP contribution is 2.26. The predicted molar refractivity (Wildman–Crippen MR) is 103 cm³/mol. The molecule has 2 rings (SSSR count). The molecule has 1 amide bonds. The van der Waals surface area contributed by atoms with Gasteiger partial charge in [-0.3, -0.25) is 14.7 Å². The van der Waals surface area contributed by atoms with Crippen LogP contribution in [0.3, 0.4) is 0 Å². The molecule has 0 bridgehead atoms. The minimum absolute atomic E-state index is 0. The molecular formula is C17H30Cl2N4O. The summed E-state index contributed by atoms with van der Waals surface area (Å²) < 4.78 is 0. The molecule has 2 heterocycles. The minimum atomic E-state index is 0. The molecule has 1 aromatic heterocycles.